The Morgan fingerprint density at radius 1 is 1.42 bits per heavy atom. The zero-order chi connectivity index (χ0) is 14.2. The van der Waals surface area contributed by atoms with Gasteiger partial charge in [0.1, 0.15) is 12.4 Å². The molecule has 7 heteroatoms. The van der Waals surface area contributed by atoms with Crippen molar-refractivity contribution in [2.24, 2.45) is 7.05 Å². The minimum Gasteiger partial charge on any atom is -0.484 e. The Morgan fingerprint density at radius 3 is 2.63 bits per heavy atom. The summed E-state index contributed by atoms with van der Waals surface area (Å²) in [6, 6.07) is 2.54. The molecule has 0 aliphatic carbocycles. The fourth-order valence-electron chi connectivity index (χ4n) is 1.71. The van der Waals surface area contributed by atoms with Gasteiger partial charge in [0, 0.05) is 13.1 Å². The Morgan fingerprint density at radius 2 is 2.11 bits per heavy atom. The molecule has 2 rings (SSSR count). The summed E-state index contributed by atoms with van der Waals surface area (Å²) in [5, 5.41) is 4.27. The normalized spacial score (nSPS) is 10.8. The van der Waals surface area contributed by atoms with Gasteiger partial charge in [0.15, 0.2) is 5.75 Å². The quantitative estimate of drug-likeness (QED) is 0.812. The summed E-state index contributed by atoms with van der Waals surface area (Å²) in [6.45, 7) is 2.18. The van der Waals surface area contributed by atoms with E-state index in [-0.39, 0.29) is 12.3 Å². The van der Waals surface area contributed by atoms with Gasteiger partial charge in [-0.1, -0.05) is 0 Å². The topological polar surface area (TPSA) is 53.1 Å². The van der Waals surface area contributed by atoms with Crippen LogP contribution < -0.4 is 10.5 Å². The first-order valence-corrected chi connectivity index (χ1v) is 7.04. The average Bonchev–Trinajstić information content (AvgIpc) is 2.53. The molecule has 1 aromatic carbocycles. The molecular formula is C12H12Br2FN3O. The number of aromatic nitrogens is 2. The first-order valence-electron chi connectivity index (χ1n) is 5.45. The number of anilines is 1. The van der Waals surface area contributed by atoms with Gasteiger partial charge < -0.3 is 10.5 Å². The fraction of sp³-hybridized carbons (Fsp3) is 0.250. The van der Waals surface area contributed by atoms with Gasteiger partial charge in [0.05, 0.1) is 26.0 Å². The van der Waals surface area contributed by atoms with Crippen LogP contribution in [0.2, 0.25) is 0 Å². The number of nitrogens with two attached hydrogens (primary N) is 1. The van der Waals surface area contributed by atoms with Crippen LogP contribution >= 0.6 is 31.9 Å². The van der Waals surface area contributed by atoms with Crippen LogP contribution in [0.3, 0.4) is 0 Å². The second-order valence-electron chi connectivity index (χ2n) is 4.06. The zero-order valence-electron chi connectivity index (χ0n) is 10.4. The molecular weight excluding hydrogens is 381 g/mol. The molecule has 2 N–H and O–H groups in total. The van der Waals surface area contributed by atoms with Crippen molar-refractivity contribution < 1.29 is 9.13 Å². The number of aryl methyl sites for hydroxylation is 2. The molecule has 4 nitrogen and oxygen atoms in total. The van der Waals surface area contributed by atoms with E-state index in [1.54, 1.807) is 4.68 Å². The van der Waals surface area contributed by atoms with E-state index in [9.17, 15) is 4.39 Å². The lowest BCUT2D eigenvalue weighted by atomic mass is 10.3. The highest BCUT2D eigenvalue weighted by molar-refractivity contribution is 9.10. The van der Waals surface area contributed by atoms with Crippen LogP contribution in [0.1, 0.15) is 11.4 Å². The van der Waals surface area contributed by atoms with Crippen LogP contribution in [-0.4, -0.2) is 9.78 Å². The van der Waals surface area contributed by atoms with Crippen molar-refractivity contribution in [1.82, 2.24) is 9.78 Å². The summed E-state index contributed by atoms with van der Waals surface area (Å²) in [7, 11) is 1.83. The lowest BCUT2D eigenvalue weighted by molar-refractivity contribution is 0.293. The fourth-order valence-corrected chi connectivity index (χ4v) is 2.72. The number of halogens is 3. The number of rotatable bonds is 3. The summed E-state index contributed by atoms with van der Waals surface area (Å²) >= 11 is 6.69. The Kier molecular flexibility index (Phi) is 4.15. The highest BCUT2D eigenvalue weighted by Gasteiger charge is 2.14. The van der Waals surface area contributed by atoms with Crippen molar-refractivity contribution in [3.63, 3.8) is 0 Å². The van der Waals surface area contributed by atoms with Crippen molar-refractivity contribution in [3.8, 4) is 5.75 Å². The Hall–Kier alpha value is -1.08. The van der Waals surface area contributed by atoms with Gasteiger partial charge in [-0.15, -0.1) is 0 Å². The SMILES string of the molecule is Cc1nn(C)c(COc2c(N)cc(F)cc2Br)c1Br. The molecule has 0 bridgehead atoms. The van der Waals surface area contributed by atoms with Crippen LogP contribution in [0, 0.1) is 12.7 Å². The minimum absolute atomic E-state index is 0.252. The molecule has 0 aliphatic heterocycles. The van der Waals surface area contributed by atoms with E-state index in [1.807, 2.05) is 14.0 Å². The minimum atomic E-state index is -0.408. The van der Waals surface area contributed by atoms with E-state index >= 15 is 0 Å². The van der Waals surface area contributed by atoms with Gasteiger partial charge in [0.25, 0.3) is 0 Å². The average molecular weight is 393 g/mol. The van der Waals surface area contributed by atoms with Gasteiger partial charge >= 0.3 is 0 Å². The lowest BCUT2D eigenvalue weighted by Crippen LogP contribution is -2.05. The number of hydrogen-bond acceptors (Lipinski definition) is 3. The summed E-state index contributed by atoms with van der Waals surface area (Å²) in [4.78, 5) is 0. The number of nitrogens with zero attached hydrogens (tertiary/aromatic N) is 2. The summed E-state index contributed by atoms with van der Waals surface area (Å²) in [6.07, 6.45) is 0. The summed E-state index contributed by atoms with van der Waals surface area (Å²) in [5.74, 6) is 0.0152. The van der Waals surface area contributed by atoms with Crippen LogP contribution in [0.5, 0.6) is 5.75 Å². The second kappa shape index (κ2) is 5.50. The van der Waals surface area contributed by atoms with Gasteiger partial charge in [-0.05, 0) is 44.8 Å². The molecule has 0 atom stereocenters. The van der Waals surface area contributed by atoms with E-state index in [0.29, 0.717) is 10.2 Å². The molecule has 0 spiro atoms. The first kappa shape index (κ1) is 14.3. The van der Waals surface area contributed by atoms with E-state index in [0.717, 1.165) is 15.9 Å². The van der Waals surface area contributed by atoms with E-state index in [4.69, 9.17) is 10.5 Å². The van der Waals surface area contributed by atoms with Crippen molar-refractivity contribution >= 4 is 37.5 Å². The van der Waals surface area contributed by atoms with Gasteiger partial charge in [0.2, 0.25) is 0 Å². The van der Waals surface area contributed by atoms with Crippen molar-refractivity contribution in [1.29, 1.82) is 0 Å². The second-order valence-corrected chi connectivity index (χ2v) is 5.71. The Balaban J connectivity index is 2.24. The highest BCUT2D eigenvalue weighted by atomic mass is 79.9. The molecule has 0 saturated heterocycles. The summed E-state index contributed by atoms with van der Waals surface area (Å²) < 4.78 is 21.9. The lowest BCUT2D eigenvalue weighted by Gasteiger charge is -2.11. The van der Waals surface area contributed by atoms with Crippen LogP contribution in [0.15, 0.2) is 21.1 Å². The van der Waals surface area contributed by atoms with Gasteiger partial charge in [-0.3, -0.25) is 4.68 Å². The number of hydrogen-bond donors (Lipinski definition) is 1. The van der Waals surface area contributed by atoms with Crippen LogP contribution in [-0.2, 0) is 13.7 Å². The predicted molar refractivity (Wildman–Crippen MR) is 78.5 cm³/mol. The molecule has 0 unspecified atom stereocenters. The van der Waals surface area contributed by atoms with Crippen LogP contribution in [0.25, 0.3) is 0 Å². The molecule has 0 amide bonds. The molecule has 0 fully saturated rings. The molecule has 102 valence electrons. The van der Waals surface area contributed by atoms with E-state index in [2.05, 4.69) is 37.0 Å². The first-order chi connectivity index (χ1) is 8.90. The third-order valence-electron chi connectivity index (χ3n) is 2.65. The molecule has 19 heavy (non-hydrogen) atoms. The largest absolute Gasteiger partial charge is 0.484 e. The molecule has 1 aromatic heterocycles. The maximum Gasteiger partial charge on any atom is 0.157 e. The van der Waals surface area contributed by atoms with Crippen molar-refractivity contribution in [2.75, 3.05) is 5.73 Å². The van der Waals surface area contributed by atoms with Crippen molar-refractivity contribution in [2.45, 2.75) is 13.5 Å². The van der Waals surface area contributed by atoms with Crippen molar-refractivity contribution in [3.05, 3.63) is 38.3 Å². The Bertz CT molecular complexity index is 605. The highest BCUT2D eigenvalue weighted by Crippen LogP contribution is 2.33. The van der Waals surface area contributed by atoms with Gasteiger partial charge in [-0.2, -0.15) is 5.10 Å². The molecule has 2 aromatic rings. The number of benzene rings is 1. The molecule has 1 heterocycles. The predicted octanol–water partition coefficient (Wildman–Crippen LogP) is 3.55. The maximum absolute atomic E-state index is 13.1. The third-order valence-corrected chi connectivity index (χ3v) is 4.27. The Labute approximate surface area is 127 Å². The smallest absolute Gasteiger partial charge is 0.157 e. The van der Waals surface area contributed by atoms with E-state index < -0.39 is 5.82 Å². The third kappa shape index (κ3) is 2.92. The molecule has 0 radical (unpaired) electrons. The number of ether oxygens (including phenoxy) is 1. The molecule has 0 saturated carbocycles. The standard InChI is InChI=1S/C12H12Br2FN3O/c1-6-11(14)10(18(2)17-6)5-19-12-8(13)3-7(15)4-9(12)16/h3-4H,5,16H2,1-2H3. The summed E-state index contributed by atoms with van der Waals surface area (Å²) in [5.41, 5.74) is 7.75. The zero-order valence-corrected chi connectivity index (χ0v) is 13.5. The maximum atomic E-state index is 13.1. The number of nitrogen functional groups attached to an aromatic ring is 1. The molecule has 0 aliphatic rings. The van der Waals surface area contributed by atoms with Crippen LogP contribution in [0.4, 0.5) is 10.1 Å². The van der Waals surface area contributed by atoms with Gasteiger partial charge in [-0.25, -0.2) is 4.39 Å². The van der Waals surface area contributed by atoms with E-state index in [1.165, 1.54) is 12.1 Å². The monoisotopic (exact) mass is 391 g/mol.